The molecule has 0 bridgehead atoms. The Bertz CT molecular complexity index is 763. The summed E-state index contributed by atoms with van der Waals surface area (Å²) in [4.78, 5) is 0. The van der Waals surface area contributed by atoms with Crippen LogP contribution in [0.25, 0.3) is 5.57 Å². The molecular formula is C22H22. The van der Waals surface area contributed by atoms with Crippen molar-refractivity contribution in [2.75, 3.05) is 0 Å². The van der Waals surface area contributed by atoms with Gasteiger partial charge < -0.3 is 0 Å². The molecular weight excluding hydrogens is 264 g/mol. The summed E-state index contributed by atoms with van der Waals surface area (Å²) in [6.45, 7) is 14.6. The van der Waals surface area contributed by atoms with Gasteiger partial charge >= 0.3 is 0 Å². The van der Waals surface area contributed by atoms with Gasteiger partial charge in [0.1, 0.15) is 0 Å². The van der Waals surface area contributed by atoms with E-state index < -0.39 is 0 Å². The molecule has 22 heavy (non-hydrogen) atoms. The lowest BCUT2D eigenvalue weighted by Gasteiger charge is -2.19. The van der Waals surface area contributed by atoms with Crippen LogP contribution in [-0.2, 0) is 6.42 Å². The normalized spacial score (nSPS) is 18.3. The van der Waals surface area contributed by atoms with E-state index in [1.807, 2.05) is 0 Å². The van der Waals surface area contributed by atoms with Crippen molar-refractivity contribution in [1.29, 1.82) is 0 Å². The molecule has 0 heterocycles. The van der Waals surface area contributed by atoms with Crippen molar-refractivity contribution in [2.24, 2.45) is 0 Å². The molecule has 0 aromatic heterocycles. The Morgan fingerprint density at radius 1 is 1.05 bits per heavy atom. The summed E-state index contributed by atoms with van der Waals surface area (Å²) in [5.41, 5.74) is 9.95. The van der Waals surface area contributed by atoms with E-state index in [4.69, 9.17) is 0 Å². The third kappa shape index (κ3) is 2.96. The van der Waals surface area contributed by atoms with Crippen molar-refractivity contribution in [3.63, 3.8) is 0 Å². The molecule has 0 aliphatic heterocycles. The van der Waals surface area contributed by atoms with Crippen LogP contribution in [-0.4, -0.2) is 0 Å². The first kappa shape index (κ1) is 14.6. The summed E-state index contributed by atoms with van der Waals surface area (Å²) < 4.78 is 0. The Morgan fingerprint density at radius 3 is 2.64 bits per heavy atom. The maximum Gasteiger partial charge on any atom is -0.00664 e. The van der Waals surface area contributed by atoms with Crippen LogP contribution >= 0.6 is 0 Å². The first-order chi connectivity index (χ1) is 10.5. The van der Waals surface area contributed by atoms with E-state index in [0.29, 0.717) is 0 Å². The van der Waals surface area contributed by atoms with Gasteiger partial charge in [-0.1, -0.05) is 78.9 Å². The lowest BCUT2D eigenvalue weighted by atomic mass is 9.86. The Morgan fingerprint density at radius 2 is 1.86 bits per heavy atom. The van der Waals surface area contributed by atoms with Crippen molar-refractivity contribution in [2.45, 2.75) is 26.2 Å². The Kier molecular flexibility index (Phi) is 3.85. The number of rotatable bonds is 2. The van der Waals surface area contributed by atoms with E-state index in [1.165, 1.54) is 33.4 Å². The molecule has 0 nitrogen and oxygen atoms in total. The van der Waals surface area contributed by atoms with Gasteiger partial charge in [-0.3, -0.25) is 0 Å². The monoisotopic (exact) mass is 286 g/mol. The summed E-state index contributed by atoms with van der Waals surface area (Å²) in [6.07, 6.45) is 11.7. The van der Waals surface area contributed by atoms with Gasteiger partial charge in [0.25, 0.3) is 0 Å². The lowest BCUT2D eigenvalue weighted by molar-refractivity contribution is 1.01. The highest BCUT2D eigenvalue weighted by Gasteiger charge is 2.14. The van der Waals surface area contributed by atoms with Gasteiger partial charge in [0.15, 0.2) is 0 Å². The molecule has 2 aliphatic carbocycles. The van der Waals surface area contributed by atoms with E-state index in [2.05, 4.69) is 69.2 Å². The number of hydrogen-bond acceptors (Lipinski definition) is 0. The molecule has 0 amide bonds. The number of fused-ring (bicyclic) bond motifs is 1. The van der Waals surface area contributed by atoms with Crippen LogP contribution in [0.4, 0.5) is 0 Å². The number of benzene rings is 1. The molecule has 0 heteroatoms. The maximum absolute atomic E-state index is 4.30. The van der Waals surface area contributed by atoms with E-state index >= 15 is 0 Å². The predicted octanol–water partition coefficient (Wildman–Crippen LogP) is 5.88. The molecule has 0 N–H and O–H groups in total. The minimum absolute atomic E-state index is 0.930. The second-order valence-electron chi connectivity index (χ2n) is 6.32. The molecule has 1 aromatic carbocycles. The molecule has 1 aromatic rings. The predicted molar refractivity (Wildman–Crippen MR) is 96.7 cm³/mol. The molecule has 0 atom stereocenters. The fraction of sp³-hybridized carbons (Fsp3) is 0.182. The molecule has 3 rings (SSSR count). The maximum atomic E-state index is 4.30. The highest BCUT2D eigenvalue weighted by Crippen LogP contribution is 2.32. The van der Waals surface area contributed by atoms with Gasteiger partial charge in [-0.2, -0.15) is 0 Å². The highest BCUT2D eigenvalue weighted by atomic mass is 14.2. The first-order valence-corrected chi connectivity index (χ1v) is 7.75. The van der Waals surface area contributed by atoms with Gasteiger partial charge in [0.05, 0.1) is 0 Å². The topological polar surface area (TPSA) is 0 Å². The third-order valence-electron chi connectivity index (χ3n) is 4.28. The van der Waals surface area contributed by atoms with Gasteiger partial charge in [-0.25, -0.2) is 0 Å². The second-order valence-corrected chi connectivity index (χ2v) is 6.32. The van der Waals surface area contributed by atoms with Gasteiger partial charge in [-0.05, 0) is 54.0 Å². The van der Waals surface area contributed by atoms with E-state index in [0.717, 1.165) is 30.4 Å². The van der Waals surface area contributed by atoms with Gasteiger partial charge in [-0.15, -0.1) is 0 Å². The zero-order valence-corrected chi connectivity index (χ0v) is 13.3. The lowest BCUT2D eigenvalue weighted by Crippen LogP contribution is -2.01. The van der Waals surface area contributed by atoms with Crippen LogP contribution in [0.1, 0.15) is 29.5 Å². The fourth-order valence-corrected chi connectivity index (χ4v) is 3.16. The molecule has 0 unspecified atom stereocenters. The zero-order valence-electron chi connectivity index (χ0n) is 13.3. The highest BCUT2D eigenvalue weighted by molar-refractivity contribution is 5.84. The van der Waals surface area contributed by atoms with E-state index in [9.17, 15) is 0 Å². The van der Waals surface area contributed by atoms with Crippen LogP contribution < -0.4 is 0 Å². The smallest absolute Gasteiger partial charge is 0.00664 e. The summed E-state index contributed by atoms with van der Waals surface area (Å²) in [5, 5.41) is 0. The van der Waals surface area contributed by atoms with Crippen molar-refractivity contribution in [3.05, 3.63) is 101 Å². The largest absolute Gasteiger partial charge is 0.0992 e. The van der Waals surface area contributed by atoms with Crippen molar-refractivity contribution < 1.29 is 0 Å². The van der Waals surface area contributed by atoms with Crippen molar-refractivity contribution in [3.8, 4) is 0 Å². The van der Waals surface area contributed by atoms with Crippen LogP contribution in [0.5, 0.6) is 0 Å². The minimum Gasteiger partial charge on any atom is -0.0992 e. The Balaban J connectivity index is 1.84. The second kappa shape index (κ2) is 5.81. The van der Waals surface area contributed by atoms with E-state index in [-0.39, 0.29) is 0 Å². The van der Waals surface area contributed by atoms with Crippen LogP contribution in [0, 0.1) is 6.92 Å². The Hall–Kier alpha value is -2.34. The average Bonchev–Trinajstić information content (AvgIpc) is 2.46. The van der Waals surface area contributed by atoms with Gasteiger partial charge in [0, 0.05) is 0 Å². The minimum atomic E-state index is 0.930. The van der Waals surface area contributed by atoms with Crippen LogP contribution in [0.2, 0.25) is 0 Å². The first-order valence-electron chi connectivity index (χ1n) is 7.75. The zero-order chi connectivity index (χ0) is 15.7. The number of hydrogen-bond donors (Lipinski definition) is 0. The number of allylic oxidation sites excluding steroid dienone is 9. The van der Waals surface area contributed by atoms with Crippen molar-refractivity contribution >= 4 is 5.57 Å². The van der Waals surface area contributed by atoms with E-state index in [1.54, 1.807) is 0 Å². The molecule has 2 aliphatic rings. The number of aryl methyl sites for hydroxylation is 1. The summed E-state index contributed by atoms with van der Waals surface area (Å²) in [6, 6.07) is 6.62. The SMILES string of the molecule is C=C1C=C(C=CC2=CCc3ccc(C)cc3C2=C)CC(=C)C1. The molecule has 0 fully saturated rings. The quantitative estimate of drug-likeness (QED) is 0.595. The molecule has 0 spiro atoms. The molecule has 0 saturated heterocycles. The van der Waals surface area contributed by atoms with Crippen LogP contribution in [0.3, 0.4) is 0 Å². The van der Waals surface area contributed by atoms with Gasteiger partial charge in [0.2, 0.25) is 0 Å². The summed E-state index contributed by atoms with van der Waals surface area (Å²) >= 11 is 0. The summed E-state index contributed by atoms with van der Waals surface area (Å²) in [7, 11) is 0. The summed E-state index contributed by atoms with van der Waals surface area (Å²) in [5.74, 6) is 0. The Labute approximate surface area is 133 Å². The average molecular weight is 286 g/mol. The molecule has 0 saturated carbocycles. The van der Waals surface area contributed by atoms with Crippen LogP contribution in [0.15, 0.2) is 84.5 Å². The molecule has 0 radical (unpaired) electrons. The fourth-order valence-electron chi connectivity index (χ4n) is 3.16. The standard InChI is InChI=1S/C22H22/c1-15-5-7-21-10-9-20(18(4)22(21)14-15)8-6-19-12-16(2)11-17(3)13-19/h5-9,12,14H,2-4,10-11,13H2,1H3. The third-order valence-corrected chi connectivity index (χ3v) is 4.28. The van der Waals surface area contributed by atoms with Crippen molar-refractivity contribution in [1.82, 2.24) is 0 Å². The molecule has 110 valence electrons.